The number of halogens is 5. The van der Waals surface area contributed by atoms with Crippen LogP contribution >= 0.6 is 11.6 Å². The zero-order chi connectivity index (χ0) is 25.9. The molecule has 0 N–H and O–H groups in total. The van der Waals surface area contributed by atoms with Crippen molar-refractivity contribution in [3.63, 3.8) is 0 Å². The minimum atomic E-state index is -4.74. The molecule has 0 unspecified atom stereocenters. The highest BCUT2D eigenvalue weighted by Gasteiger charge is 2.50. The average molecular weight is 531 g/mol. The van der Waals surface area contributed by atoms with Crippen LogP contribution in [-0.4, -0.2) is 38.3 Å². The molecule has 37 heavy (non-hydrogen) atoms. The van der Waals surface area contributed by atoms with Crippen molar-refractivity contribution in [1.82, 2.24) is 19.7 Å². The Morgan fingerprint density at radius 3 is 2.46 bits per heavy atom. The Bertz CT molecular complexity index is 1400. The molecule has 3 heterocycles. The van der Waals surface area contributed by atoms with Gasteiger partial charge in [0.1, 0.15) is 11.4 Å². The van der Waals surface area contributed by atoms with E-state index in [4.69, 9.17) is 11.6 Å². The minimum Gasteiger partial charge on any atom is -0.369 e. The third kappa shape index (κ3) is 4.14. The summed E-state index contributed by atoms with van der Waals surface area (Å²) in [6.45, 7) is 1.82. The molecule has 6 rings (SSSR count). The van der Waals surface area contributed by atoms with Gasteiger partial charge in [-0.25, -0.2) is 4.39 Å². The fourth-order valence-electron chi connectivity index (χ4n) is 5.57. The third-order valence-corrected chi connectivity index (χ3v) is 7.99. The highest BCUT2D eigenvalue weighted by Crippen LogP contribution is 2.45. The number of nitrogens with zero attached hydrogens (tertiary/aromatic N) is 6. The second kappa shape index (κ2) is 8.71. The lowest BCUT2D eigenvalue weighted by Gasteiger charge is -2.34. The molecule has 11 heteroatoms. The second-order valence-corrected chi connectivity index (χ2v) is 10.4. The average Bonchev–Trinajstić information content (AvgIpc) is 3.60. The normalized spacial score (nSPS) is 19.6. The molecule has 0 bridgehead atoms. The SMILES string of the molecule is N#CC1(N2Cc3cc(Cl)ccc3-n3c(nnc3C3CCN(c4cccc(C(F)(F)F)c4F)CC3)C2)CC1. The molecule has 0 spiro atoms. The number of hydrogen-bond acceptors (Lipinski definition) is 5. The third-order valence-electron chi connectivity index (χ3n) is 7.75. The zero-order valence-corrected chi connectivity index (χ0v) is 20.5. The van der Waals surface area contributed by atoms with Crippen molar-refractivity contribution in [2.75, 3.05) is 18.0 Å². The number of nitriles is 1. The van der Waals surface area contributed by atoms with Crippen LogP contribution in [0.3, 0.4) is 0 Å². The largest absolute Gasteiger partial charge is 0.419 e. The summed E-state index contributed by atoms with van der Waals surface area (Å²) < 4.78 is 56.4. The van der Waals surface area contributed by atoms with Crippen LogP contribution in [0.2, 0.25) is 5.02 Å². The topological polar surface area (TPSA) is 61.0 Å². The summed E-state index contributed by atoms with van der Waals surface area (Å²) in [7, 11) is 0. The van der Waals surface area contributed by atoms with E-state index < -0.39 is 23.1 Å². The van der Waals surface area contributed by atoms with Gasteiger partial charge in [0.05, 0.1) is 29.6 Å². The lowest BCUT2D eigenvalue weighted by Crippen LogP contribution is -2.35. The van der Waals surface area contributed by atoms with Crippen LogP contribution in [0, 0.1) is 17.1 Å². The molecule has 2 fully saturated rings. The maximum atomic E-state index is 14.7. The zero-order valence-electron chi connectivity index (χ0n) is 19.8. The van der Waals surface area contributed by atoms with Crippen LogP contribution in [0.25, 0.3) is 5.69 Å². The van der Waals surface area contributed by atoms with Gasteiger partial charge in [-0.05, 0) is 61.6 Å². The van der Waals surface area contributed by atoms with Crippen LogP contribution in [0.1, 0.15) is 54.4 Å². The van der Waals surface area contributed by atoms with Gasteiger partial charge in [0.2, 0.25) is 0 Å². The van der Waals surface area contributed by atoms with Gasteiger partial charge in [-0.2, -0.15) is 18.4 Å². The first-order valence-electron chi connectivity index (χ1n) is 12.2. The van der Waals surface area contributed by atoms with Crippen molar-refractivity contribution in [2.45, 2.75) is 56.4 Å². The molecule has 192 valence electrons. The number of alkyl halides is 3. The summed E-state index contributed by atoms with van der Waals surface area (Å²) >= 11 is 6.33. The molecule has 6 nitrogen and oxygen atoms in total. The Hall–Kier alpha value is -3.16. The second-order valence-electron chi connectivity index (χ2n) is 9.98. The number of anilines is 1. The maximum Gasteiger partial charge on any atom is 0.419 e. The summed E-state index contributed by atoms with van der Waals surface area (Å²) in [4.78, 5) is 3.80. The Morgan fingerprint density at radius 2 is 1.78 bits per heavy atom. The Kier molecular flexibility index (Phi) is 5.69. The Balaban J connectivity index is 1.29. The molecule has 1 saturated heterocycles. The van der Waals surface area contributed by atoms with Crippen molar-refractivity contribution >= 4 is 17.3 Å². The number of rotatable bonds is 3. The number of piperidine rings is 1. The van der Waals surface area contributed by atoms with Gasteiger partial charge in [-0.15, -0.1) is 10.2 Å². The number of benzene rings is 2. The van der Waals surface area contributed by atoms with E-state index in [1.54, 1.807) is 4.90 Å². The van der Waals surface area contributed by atoms with Gasteiger partial charge in [0.15, 0.2) is 11.6 Å². The van der Waals surface area contributed by atoms with E-state index in [2.05, 4.69) is 21.2 Å². The number of fused-ring (bicyclic) bond motifs is 3. The molecule has 1 aromatic heterocycles. The first kappa shape index (κ1) is 24.2. The van der Waals surface area contributed by atoms with E-state index in [1.165, 1.54) is 12.1 Å². The maximum absolute atomic E-state index is 14.7. The van der Waals surface area contributed by atoms with E-state index in [-0.39, 0.29) is 11.6 Å². The van der Waals surface area contributed by atoms with Crippen molar-refractivity contribution in [1.29, 1.82) is 5.26 Å². The van der Waals surface area contributed by atoms with Crippen molar-refractivity contribution in [2.24, 2.45) is 0 Å². The predicted octanol–water partition coefficient (Wildman–Crippen LogP) is 5.83. The molecular formula is C26H23ClF4N6. The fraction of sp³-hybridized carbons (Fsp3) is 0.423. The highest BCUT2D eigenvalue weighted by atomic mass is 35.5. The van der Waals surface area contributed by atoms with Crippen LogP contribution in [0.15, 0.2) is 36.4 Å². The van der Waals surface area contributed by atoms with E-state index in [0.717, 1.165) is 41.8 Å². The van der Waals surface area contributed by atoms with Crippen LogP contribution in [0.4, 0.5) is 23.2 Å². The fourth-order valence-corrected chi connectivity index (χ4v) is 5.77. The summed E-state index contributed by atoms with van der Waals surface area (Å²) in [5, 5.41) is 19.4. The minimum absolute atomic E-state index is 0.00714. The van der Waals surface area contributed by atoms with Gasteiger partial charge in [0.25, 0.3) is 0 Å². The van der Waals surface area contributed by atoms with Gasteiger partial charge in [0, 0.05) is 30.6 Å². The van der Waals surface area contributed by atoms with Crippen molar-refractivity contribution in [3.05, 3.63) is 70.0 Å². The summed E-state index contributed by atoms with van der Waals surface area (Å²) in [5.74, 6) is 0.268. The highest BCUT2D eigenvalue weighted by molar-refractivity contribution is 6.30. The first-order valence-corrected chi connectivity index (χ1v) is 12.6. The quantitative estimate of drug-likeness (QED) is 0.398. The molecule has 0 radical (unpaired) electrons. The molecule has 0 atom stereocenters. The lowest BCUT2D eigenvalue weighted by atomic mass is 9.95. The van der Waals surface area contributed by atoms with E-state index >= 15 is 0 Å². The van der Waals surface area contributed by atoms with Crippen LogP contribution in [-0.2, 0) is 19.3 Å². The Labute approximate surface area is 216 Å². The number of aromatic nitrogens is 3. The first-order chi connectivity index (χ1) is 17.7. The molecular weight excluding hydrogens is 508 g/mol. The smallest absolute Gasteiger partial charge is 0.369 e. The van der Waals surface area contributed by atoms with E-state index in [9.17, 15) is 22.8 Å². The molecule has 1 aliphatic carbocycles. The predicted molar refractivity (Wildman–Crippen MR) is 129 cm³/mol. The molecule has 3 aliphatic rings. The standard InChI is InChI=1S/C26H23ClF4N6/c27-18-4-5-20-17(12-18)13-36(25(15-32)8-9-25)14-22-33-34-24(37(20)22)16-6-10-35(11-7-16)21-3-1-2-19(23(21)28)26(29,30)31/h1-5,12,16H,6-11,13-14H2. The lowest BCUT2D eigenvalue weighted by molar-refractivity contribution is -0.139. The van der Waals surface area contributed by atoms with Crippen LogP contribution < -0.4 is 4.90 Å². The summed E-state index contributed by atoms with van der Waals surface area (Å²) in [5.41, 5.74) is 0.122. The van der Waals surface area contributed by atoms with E-state index in [0.29, 0.717) is 44.0 Å². The van der Waals surface area contributed by atoms with Crippen LogP contribution in [0.5, 0.6) is 0 Å². The van der Waals surface area contributed by atoms with E-state index in [1.807, 2.05) is 22.8 Å². The van der Waals surface area contributed by atoms with Gasteiger partial charge in [-0.3, -0.25) is 9.47 Å². The van der Waals surface area contributed by atoms with Gasteiger partial charge < -0.3 is 4.90 Å². The monoisotopic (exact) mass is 530 g/mol. The molecule has 3 aromatic rings. The molecule has 2 aromatic carbocycles. The van der Waals surface area contributed by atoms with Gasteiger partial charge in [-0.1, -0.05) is 17.7 Å². The molecule has 0 amide bonds. The summed E-state index contributed by atoms with van der Waals surface area (Å²) in [6.07, 6.45) is -1.95. The molecule has 2 aliphatic heterocycles. The van der Waals surface area contributed by atoms with Gasteiger partial charge >= 0.3 is 6.18 Å². The summed E-state index contributed by atoms with van der Waals surface area (Å²) in [6, 6.07) is 11.5. The Morgan fingerprint density at radius 1 is 1.03 bits per heavy atom. The van der Waals surface area contributed by atoms with Crippen molar-refractivity contribution in [3.8, 4) is 11.8 Å². The van der Waals surface area contributed by atoms with Crippen molar-refractivity contribution < 1.29 is 17.6 Å². The molecule has 1 saturated carbocycles. The number of hydrogen-bond donors (Lipinski definition) is 0.